The molecular weight excluding hydrogens is 309 g/mol. The number of nitrogens with zero attached hydrogens (tertiary/aromatic N) is 1. The molecule has 3 N–H and O–H groups in total. The first-order chi connectivity index (χ1) is 11.4. The van der Waals surface area contributed by atoms with E-state index in [-0.39, 0.29) is 17.6 Å². The van der Waals surface area contributed by atoms with Crippen LogP contribution in [0.1, 0.15) is 23.6 Å². The molecule has 24 heavy (non-hydrogen) atoms. The van der Waals surface area contributed by atoms with E-state index in [1.165, 1.54) is 24.3 Å². The maximum Gasteiger partial charge on any atom is 0.268 e. The van der Waals surface area contributed by atoms with Gasteiger partial charge in [0.15, 0.2) is 5.84 Å². The zero-order valence-corrected chi connectivity index (χ0v) is 13.8. The van der Waals surface area contributed by atoms with Gasteiger partial charge in [-0.3, -0.25) is 4.79 Å². The Labute approximate surface area is 140 Å². The lowest BCUT2D eigenvalue weighted by atomic mass is 10.1. The lowest BCUT2D eigenvalue weighted by molar-refractivity contribution is -0.126. The number of benzene rings is 2. The van der Waals surface area contributed by atoms with Crippen molar-refractivity contribution < 1.29 is 14.0 Å². The molecule has 0 spiro atoms. The number of hydrogen-bond acceptors (Lipinski definition) is 3. The van der Waals surface area contributed by atoms with Gasteiger partial charge in [0.2, 0.25) is 6.10 Å². The SMILES string of the molecule is Cc1cccc(C)c1NC(=O)C(C)O/N=C(\N)c1ccc(F)cc1. The Morgan fingerprint density at radius 1 is 1.17 bits per heavy atom. The number of anilines is 1. The van der Waals surface area contributed by atoms with Gasteiger partial charge in [-0.15, -0.1) is 0 Å². The van der Waals surface area contributed by atoms with Crippen LogP contribution in [-0.4, -0.2) is 17.8 Å². The number of carbonyl (C=O) groups excluding carboxylic acids is 1. The van der Waals surface area contributed by atoms with E-state index in [1.54, 1.807) is 6.92 Å². The van der Waals surface area contributed by atoms with Crippen molar-refractivity contribution in [1.29, 1.82) is 0 Å². The number of para-hydroxylation sites is 1. The predicted molar refractivity (Wildman–Crippen MR) is 92.2 cm³/mol. The van der Waals surface area contributed by atoms with E-state index in [0.717, 1.165) is 16.8 Å². The van der Waals surface area contributed by atoms with Crippen molar-refractivity contribution in [2.45, 2.75) is 26.9 Å². The molecule has 0 aliphatic carbocycles. The number of hydrogen-bond donors (Lipinski definition) is 2. The third-order valence-corrected chi connectivity index (χ3v) is 3.55. The minimum atomic E-state index is -0.831. The Balaban J connectivity index is 2.01. The van der Waals surface area contributed by atoms with Gasteiger partial charge in [-0.05, 0) is 56.2 Å². The van der Waals surface area contributed by atoms with E-state index >= 15 is 0 Å². The highest BCUT2D eigenvalue weighted by Gasteiger charge is 2.16. The fraction of sp³-hybridized carbons (Fsp3) is 0.222. The molecule has 126 valence electrons. The Kier molecular flexibility index (Phi) is 5.52. The van der Waals surface area contributed by atoms with Crippen LogP contribution in [-0.2, 0) is 9.63 Å². The lowest BCUT2D eigenvalue weighted by Crippen LogP contribution is -2.28. The Bertz CT molecular complexity index is 737. The van der Waals surface area contributed by atoms with Gasteiger partial charge >= 0.3 is 0 Å². The Morgan fingerprint density at radius 2 is 1.75 bits per heavy atom. The van der Waals surface area contributed by atoms with Crippen LogP contribution in [0.4, 0.5) is 10.1 Å². The van der Waals surface area contributed by atoms with E-state index in [9.17, 15) is 9.18 Å². The molecule has 0 aliphatic heterocycles. The minimum Gasteiger partial charge on any atom is -0.381 e. The quantitative estimate of drug-likeness (QED) is 0.503. The van der Waals surface area contributed by atoms with Gasteiger partial charge in [0, 0.05) is 11.3 Å². The molecular formula is C18H20FN3O2. The monoisotopic (exact) mass is 329 g/mol. The number of oxime groups is 1. The minimum absolute atomic E-state index is 0.0710. The van der Waals surface area contributed by atoms with Crippen molar-refractivity contribution in [3.63, 3.8) is 0 Å². The molecule has 1 atom stereocenters. The average molecular weight is 329 g/mol. The smallest absolute Gasteiger partial charge is 0.268 e. The highest BCUT2D eigenvalue weighted by molar-refractivity contribution is 5.97. The predicted octanol–water partition coefficient (Wildman–Crippen LogP) is 3.11. The number of halogens is 1. The van der Waals surface area contributed by atoms with Crippen LogP contribution in [0.2, 0.25) is 0 Å². The van der Waals surface area contributed by atoms with E-state index in [1.807, 2.05) is 32.0 Å². The third-order valence-electron chi connectivity index (χ3n) is 3.55. The van der Waals surface area contributed by atoms with Crippen LogP contribution in [0, 0.1) is 19.7 Å². The Morgan fingerprint density at radius 3 is 2.33 bits per heavy atom. The number of amidine groups is 1. The summed E-state index contributed by atoms with van der Waals surface area (Å²) >= 11 is 0. The van der Waals surface area contributed by atoms with Gasteiger partial charge in [0.1, 0.15) is 5.82 Å². The first-order valence-corrected chi connectivity index (χ1v) is 7.51. The molecule has 0 saturated carbocycles. The third kappa shape index (κ3) is 4.32. The summed E-state index contributed by atoms with van der Waals surface area (Å²) in [6.45, 7) is 5.40. The standard InChI is InChI=1S/C18H20FN3O2/c1-11-5-4-6-12(2)16(11)21-18(23)13(3)24-22-17(20)14-7-9-15(19)10-8-14/h4-10,13H,1-3H3,(H2,20,22)(H,21,23). The van der Waals surface area contributed by atoms with Gasteiger partial charge in [-0.25, -0.2) is 4.39 Å². The van der Waals surface area contributed by atoms with Crippen molar-refractivity contribution in [3.05, 3.63) is 65.0 Å². The van der Waals surface area contributed by atoms with Gasteiger partial charge in [0.05, 0.1) is 0 Å². The summed E-state index contributed by atoms with van der Waals surface area (Å²) in [5, 5.41) is 6.57. The van der Waals surface area contributed by atoms with Gasteiger partial charge in [0.25, 0.3) is 5.91 Å². The van der Waals surface area contributed by atoms with Crippen molar-refractivity contribution in [3.8, 4) is 0 Å². The van der Waals surface area contributed by atoms with E-state index in [2.05, 4.69) is 10.5 Å². The topological polar surface area (TPSA) is 76.7 Å². The molecule has 0 bridgehead atoms. The van der Waals surface area contributed by atoms with E-state index in [4.69, 9.17) is 10.6 Å². The molecule has 0 radical (unpaired) electrons. The molecule has 1 amide bonds. The number of amides is 1. The molecule has 6 heteroatoms. The first kappa shape index (κ1) is 17.5. The van der Waals surface area contributed by atoms with Gasteiger partial charge in [-0.1, -0.05) is 23.4 Å². The first-order valence-electron chi connectivity index (χ1n) is 7.51. The van der Waals surface area contributed by atoms with Gasteiger partial charge in [-0.2, -0.15) is 0 Å². The summed E-state index contributed by atoms with van der Waals surface area (Å²) < 4.78 is 12.9. The fourth-order valence-corrected chi connectivity index (χ4v) is 2.09. The number of carbonyl (C=O) groups is 1. The van der Waals surface area contributed by atoms with Crippen molar-refractivity contribution >= 4 is 17.4 Å². The van der Waals surface area contributed by atoms with Crippen LogP contribution in [0.15, 0.2) is 47.6 Å². The Hall–Kier alpha value is -2.89. The molecule has 0 heterocycles. The van der Waals surface area contributed by atoms with Crippen molar-refractivity contribution in [2.24, 2.45) is 10.9 Å². The highest BCUT2D eigenvalue weighted by atomic mass is 19.1. The molecule has 0 fully saturated rings. The maximum absolute atomic E-state index is 12.9. The van der Waals surface area contributed by atoms with Crippen LogP contribution >= 0.6 is 0 Å². The zero-order valence-electron chi connectivity index (χ0n) is 13.8. The number of aryl methyl sites for hydroxylation is 2. The summed E-state index contributed by atoms with van der Waals surface area (Å²) in [5.41, 5.74) is 8.96. The fourth-order valence-electron chi connectivity index (χ4n) is 2.09. The van der Waals surface area contributed by atoms with Crippen molar-refractivity contribution in [1.82, 2.24) is 0 Å². The summed E-state index contributed by atoms with van der Waals surface area (Å²) in [5.74, 6) is -0.626. The summed E-state index contributed by atoms with van der Waals surface area (Å²) in [6.07, 6.45) is -0.831. The summed E-state index contributed by atoms with van der Waals surface area (Å²) in [7, 11) is 0. The molecule has 0 aliphatic rings. The second kappa shape index (κ2) is 7.59. The van der Waals surface area contributed by atoms with Gasteiger partial charge < -0.3 is 15.9 Å². The molecule has 0 aromatic heterocycles. The normalized spacial score (nSPS) is 12.6. The van der Waals surface area contributed by atoms with Crippen molar-refractivity contribution in [2.75, 3.05) is 5.32 Å². The second-order valence-corrected chi connectivity index (χ2v) is 5.49. The lowest BCUT2D eigenvalue weighted by Gasteiger charge is -2.14. The van der Waals surface area contributed by atoms with Crippen LogP contribution in [0.3, 0.4) is 0 Å². The van der Waals surface area contributed by atoms with Crippen LogP contribution in [0.5, 0.6) is 0 Å². The molecule has 5 nitrogen and oxygen atoms in total. The largest absolute Gasteiger partial charge is 0.381 e. The number of rotatable bonds is 5. The highest BCUT2D eigenvalue weighted by Crippen LogP contribution is 2.19. The maximum atomic E-state index is 12.9. The van der Waals surface area contributed by atoms with Crippen LogP contribution < -0.4 is 11.1 Å². The summed E-state index contributed by atoms with van der Waals surface area (Å²) in [4.78, 5) is 17.4. The van der Waals surface area contributed by atoms with E-state index < -0.39 is 6.10 Å². The molecule has 1 unspecified atom stereocenters. The molecule has 2 rings (SSSR count). The molecule has 0 saturated heterocycles. The molecule has 2 aromatic rings. The van der Waals surface area contributed by atoms with E-state index in [0.29, 0.717) is 5.56 Å². The number of nitrogens with one attached hydrogen (secondary N) is 1. The number of nitrogens with two attached hydrogens (primary N) is 1. The second-order valence-electron chi connectivity index (χ2n) is 5.49. The molecule has 2 aromatic carbocycles. The van der Waals surface area contributed by atoms with Crippen LogP contribution in [0.25, 0.3) is 0 Å². The average Bonchev–Trinajstić information content (AvgIpc) is 2.56. The zero-order chi connectivity index (χ0) is 17.7. The summed E-state index contributed by atoms with van der Waals surface area (Å²) in [6, 6.07) is 11.3.